The Balaban J connectivity index is 1.98. The van der Waals surface area contributed by atoms with Gasteiger partial charge in [0.15, 0.2) is 5.76 Å². The minimum Gasteiger partial charge on any atom is -0.360 e. The molecule has 0 radical (unpaired) electrons. The van der Waals surface area contributed by atoms with Crippen LogP contribution in [-0.4, -0.2) is 11.1 Å². The van der Waals surface area contributed by atoms with Gasteiger partial charge in [-0.1, -0.05) is 5.16 Å². The zero-order valence-corrected chi connectivity index (χ0v) is 10.9. The topological polar surface area (TPSA) is 55.1 Å². The quantitative estimate of drug-likeness (QED) is 0.948. The number of halogens is 1. The second-order valence-corrected chi connectivity index (χ2v) is 5.60. The molecule has 2 aromatic heterocycles. The van der Waals surface area contributed by atoms with Gasteiger partial charge in [-0.2, -0.15) is 0 Å². The van der Waals surface area contributed by atoms with Crippen molar-refractivity contribution in [2.24, 2.45) is 0 Å². The van der Waals surface area contributed by atoms with Gasteiger partial charge >= 0.3 is 0 Å². The Hall–Kier alpha value is -1.14. The molecule has 0 aliphatic carbocycles. The van der Waals surface area contributed by atoms with E-state index in [1.54, 1.807) is 12.3 Å². The van der Waals surface area contributed by atoms with Gasteiger partial charge in [0.25, 0.3) is 5.91 Å². The summed E-state index contributed by atoms with van der Waals surface area (Å²) in [5, 5.41) is 6.32. The van der Waals surface area contributed by atoms with Crippen molar-refractivity contribution in [3.63, 3.8) is 0 Å². The molecule has 4 nitrogen and oxygen atoms in total. The molecule has 0 aromatic carbocycles. The fraction of sp³-hybridized carbons (Fsp3) is 0.200. The molecule has 0 atom stereocenters. The van der Waals surface area contributed by atoms with Gasteiger partial charge in [-0.25, -0.2) is 0 Å². The standard InChI is InChI=1S/C10H9BrN2O2S/c1-6-4-8(16-9(6)11)10(14)12-5-7-2-3-13-15-7/h2-4H,5H2,1H3,(H,12,14). The molecule has 0 saturated carbocycles. The second kappa shape index (κ2) is 4.80. The lowest BCUT2D eigenvalue weighted by Gasteiger charge is -1.99. The van der Waals surface area contributed by atoms with Crippen molar-refractivity contribution in [3.8, 4) is 0 Å². The highest BCUT2D eigenvalue weighted by Crippen LogP contribution is 2.27. The van der Waals surface area contributed by atoms with Crippen molar-refractivity contribution < 1.29 is 9.32 Å². The van der Waals surface area contributed by atoms with E-state index >= 15 is 0 Å². The smallest absolute Gasteiger partial charge is 0.261 e. The fourth-order valence-electron chi connectivity index (χ4n) is 1.16. The molecule has 1 amide bonds. The number of thiophene rings is 1. The van der Waals surface area contributed by atoms with E-state index in [-0.39, 0.29) is 5.91 Å². The molecule has 0 bridgehead atoms. The lowest BCUT2D eigenvalue weighted by atomic mass is 10.3. The zero-order chi connectivity index (χ0) is 11.5. The first-order valence-corrected chi connectivity index (χ1v) is 6.21. The first-order chi connectivity index (χ1) is 7.66. The summed E-state index contributed by atoms with van der Waals surface area (Å²) in [6.07, 6.45) is 1.55. The van der Waals surface area contributed by atoms with E-state index < -0.39 is 0 Å². The number of carbonyl (C=O) groups excluding carboxylic acids is 1. The number of hydrogen-bond donors (Lipinski definition) is 1. The molecule has 0 spiro atoms. The lowest BCUT2D eigenvalue weighted by molar-refractivity contribution is 0.0951. The monoisotopic (exact) mass is 300 g/mol. The van der Waals surface area contributed by atoms with Gasteiger partial charge in [0, 0.05) is 6.07 Å². The first-order valence-electron chi connectivity index (χ1n) is 4.60. The highest BCUT2D eigenvalue weighted by molar-refractivity contribution is 9.11. The third-order valence-electron chi connectivity index (χ3n) is 2.00. The van der Waals surface area contributed by atoms with Crippen LogP contribution in [0.2, 0.25) is 0 Å². The summed E-state index contributed by atoms with van der Waals surface area (Å²) in [4.78, 5) is 12.4. The molecule has 6 heteroatoms. The first kappa shape index (κ1) is 11.3. The van der Waals surface area contributed by atoms with Crippen LogP contribution in [0, 0.1) is 6.92 Å². The number of nitrogens with zero attached hydrogens (tertiary/aromatic N) is 1. The molecular formula is C10H9BrN2O2S. The average Bonchev–Trinajstić information content (AvgIpc) is 2.86. The largest absolute Gasteiger partial charge is 0.360 e. The number of nitrogens with one attached hydrogen (secondary N) is 1. The van der Waals surface area contributed by atoms with Crippen molar-refractivity contribution >= 4 is 33.2 Å². The van der Waals surface area contributed by atoms with Gasteiger partial charge in [0.1, 0.15) is 0 Å². The fourth-order valence-corrected chi connectivity index (χ4v) is 2.61. The van der Waals surface area contributed by atoms with Gasteiger partial charge in [-0.15, -0.1) is 11.3 Å². The van der Waals surface area contributed by atoms with E-state index in [4.69, 9.17) is 4.52 Å². The molecule has 84 valence electrons. The second-order valence-electron chi connectivity index (χ2n) is 3.23. The highest BCUT2D eigenvalue weighted by atomic mass is 79.9. The number of aryl methyl sites for hydroxylation is 1. The van der Waals surface area contributed by atoms with Crippen LogP contribution in [0.3, 0.4) is 0 Å². The Labute approximate surface area is 105 Å². The van der Waals surface area contributed by atoms with Crippen molar-refractivity contribution in [1.82, 2.24) is 10.5 Å². The molecule has 2 aromatic rings. The van der Waals surface area contributed by atoms with Crippen molar-refractivity contribution in [1.29, 1.82) is 0 Å². The van der Waals surface area contributed by atoms with Gasteiger partial charge in [-0.05, 0) is 34.5 Å². The summed E-state index contributed by atoms with van der Waals surface area (Å²) in [6.45, 7) is 2.31. The number of amides is 1. The van der Waals surface area contributed by atoms with Gasteiger partial charge in [-0.3, -0.25) is 4.79 Å². The van der Waals surface area contributed by atoms with E-state index in [1.807, 2.05) is 13.0 Å². The van der Waals surface area contributed by atoms with Crippen LogP contribution in [0.4, 0.5) is 0 Å². The molecule has 0 fully saturated rings. The van der Waals surface area contributed by atoms with E-state index in [2.05, 4.69) is 26.4 Å². The molecule has 1 N–H and O–H groups in total. The highest BCUT2D eigenvalue weighted by Gasteiger charge is 2.11. The minimum atomic E-state index is -0.102. The Morgan fingerprint density at radius 3 is 3.06 bits per heavy atom. The zero-order valence-electron chi connectivity index (χ0n) is 8.49. The van der Waals surface area contributed by atoms with E-state index in [1.165, 1.54) is 11.3 Å². The summed E-state index contributed by atoms with van der Waals surface area (Å²) >= 11 is 4.80. The maximum absolute atomic E-state index is 11.7. The average molecular weight is 301 g/mol. The van der Waals surface area contributed by atoms with Crippen LogP contribution >= 0.6 is 27.3 Å². The van der Waals surface area contributed by atoms with Crippen LogP contribution in [0.5, 0.6) is 0 Å². The third-order valence-corrected chi connectivity index (χ3v) is 4.13. The maximum atomic E-state index is 11.7. The van der Waals surface area contributed by atoms with Gasteiger partial charge in [0.2, 0.25) is 0 Å². The normalized spacial score (nSPS) is 10.4. The van der Waals surface area contributed by atoms with Gasteiger partial charge < -0.3 is 9.84 Å². The Kier molecular flexibility index (Phi) is 3.40. The number of aromatic nitrogens is 1. The molecule has 0 aliphatic rings. The molecule has 0 unspecified atom stereocenters. The minimum absolute atomic E-state index is 0.102. The van der Waals surface area contributed by atoms with Crippen LogP contribution < -0.4 is 5.32 Å². The predicted molar refractivity (Wildman–Crippen MR) is 64.4 cm³/mol. The molecule has 0 aliphatic heterocycles. The molecular weight excluding hydrogens is 292 g/mol. The molecule has 2 heterocycles. The summed E-state index contributed by atoms with van der Waals surface area (Å²) in [5.74, 6) is 0.538. The van der Waals surface area contributed by atoms with Crippen molar-refractivity contribution in [2.45, 2.75) is 13.5 Å². The Morgan fingerprint density at radius 1 is 1.69 bits per heavy atom. The van der Waals surface area contributed by atoms with Crippen molar-refractivity contribution in [2.75, 3.05) is 0 Å². The Bertz CT molecular complexity index is 473. The number of rotatable bonds is 3. The number of carbonyl (C=O) groups is 1. The summed E-state index contributed by atoms with van der Waals surface area (Å²) in [6, 6.07) is 3.57. The number of hydrogen-bond acceptors (Lipinski definition) is 4. The third kappa shape index (κ3) is 2.51. The van der Waals surface area contributed by atoms with Gasteiger partial charge in [0.05, 0.1) is 21.4 Å². The van der Waals surface area contributed by atoms with Crippen molar-refractivity contribution in [3.05, 3.63) is 38.3 Å². The van der Waals surface area contributed by atoms with E-state index in [0.717, 1.165) is 9.35 Å². The van der Waals surface area contributed by atoms with Crippen LogP contribution in [-0.2, 0) is 6.54 Å². The lowest BCUT2D eigenvalue weighted by Crippen LogP contribution is -2.21. The summed E-state index contributed by atoms with van der Waals surface area (Å²) < 4.78 is 5.86. The predicted octanol–water partition coefficient (Wildman–Crippen LogP) is 2.74. The van der Waals surface area contributed by atoms with Crippen LogP contribution in [0.1, 0.15) is 21.0 Å². The van der Waals surface area contributed by atoms with Crippen LogP contribution in [0.15, 0.2) is 26.6 Å². The molecule has 2 rings (SSSR count). The molecule has 0 saturated heterocycles. The van der Waals surface area contributed by atoms with E-state index in [9.17, 15) is 4.79 Å². The molecule has 16 heavy (non-hydrogen) atoms. The summed E-state index contributed by atoms with van der Waals surface area (Å²) in [7, 11) is 0. The maximum Gasteiger partial charge on any atom is 0.261 e. The van der Waals surface area contributed by atoms with E-state index in [0.29, 0.717) is 17.2 Å². The SMILES string of the molecule is Cc1cc(C(=O)NCc2ccno2)sc1Br. The van der Waals surface area contributed by atoms with Crippen LogP contribution in [0.25, 0.3) is 0 Å². The summed E-state index contributed by atoms with van der Waals surface area (Å²) in [5.41, 5.74) is 1.06. The Morgan fingerprint density at radius 2 is 2.50 bits per heavy atom.